The second-order valence-electron chi connectivity index (χ2n) is 4.26. The van der Waals surface area contributed by atoms with E-state index in [1.54, 1.807) is 18.3 Å². The molecule has 0 bridgehead atoms. The van der Waals surface area contributed by atoms with E-state index in [1.165, 1.54) is 17.1 Å². The Morgan fingerprint density at radius 2 is 2.24 bits per heavy atom. The molecule has 2 aromatic rings. The monoisotopic (exact) mass is 310 g/mol. The molecule has 0 atom stereocenters. The first-order valence-electron chi connectivity index (χ1n) is 6.67. The molecule has 2 aromatic heterocycles. The zero-order valence-electron chi connectivity index (χ0n) is 11.8. The first kappa shape index (κ1) is 15.6. The Kier molecular flexibility index (Phi) is 5.43. The summed E-state index contributed by atoms with van der Waals surface area (Å²) in [6.07, 6.45) is 4.99. The smallest absolute Gasteiger partial charge is 0.243 e. The minimum Gasteiger partial charge on any atom is -0.382 e. The van der Waals surface area contributed by atoms with Crippen molar-refractivity contribution in [2.24, 2.45) is 0 Å². The SMILES string of the molecule is CCOCCCNS(=O)(=O)c1cnn(-c2ccccn2)c1. The molecule has 1 N–H and O–H groups in total. The molecule has 0 spiro atoms. The maximum atomic E-state index is 12.1. The van der Waals surface area contributed by atoms with E-state index in [0.29, 0.717) is 32.0 Å². The van der Waals surface area contributed by atoms with Crippen LogP contribution in [0.2, 0.25) is 0 Å². The lowest BCUT2D eigenvalue weighted by Gasteiger charge is -2.04. The summed E-state index contributed by atoms with van der Waals surface area (Å²) >= 11 is 0. The number of sulfonamides is 1. The van der Waals surface area contributed by atoms with Gasteiger partial charge in [0.2, 0.25) is 10.0 Å². The number of nitrogens with one attached hydrogen (secondary N) is 1. The van der Waals surface area contributed by atoms with Gasteiger partial charge in [0.1, 0.15) is 4.90 Å². The summed E-state index contributed by atoms with van der Waals surface area (Å²) in [5.41, 5.74) is 0. The molecule has 0 saturated heterocycles. The summed E-state index contributed by atoms with van der Waals surface area (Å²) in [5.74, 6) is 0.565. The number of aromatic nitrogens is 3. The molecule has 0 radical (unpaired) electrons. The number of pyridine rings is 1. The van der Waals surface area contributed by atoms with E-state index in [-0.39, 0.29) is 4.90 Å². The summed E-state index contributed by atoms with van der Waals surface area (Å²) < 4.78 is 33.3. The molecule has 0 aliphatic heterocycles. The number of ether oxygens (including phenoxy) is 1. The average molecular weight is 310 g/mol. The van der Waals surface area contributed by atoms with E-state index in [0.717, 1.165) is 0 Å². The van der Waals surface area contributed by atoms with Gasteiger partial charge in [-0.05, 0) is 25.5 Å². The lowest BCUT2D eigenvalue weighted by atomic mass is 10.5. The summed E-state index contributed by atoms with van der Waals surface area (Å²) in [6.45, 7) is 3.39. The zero-order chi connectivity index (χ0) is 15.1. The van der Waals surface area contributed by atoms with Gasteiger partial charge in [0.25, 0.3) is 0 Å². The van der Waals surface area contributed by atoms with Crippen LogP contribution in [0.1, 0.15) is 13.3 Å². The summed E-state index contributed by atoms with van der Waals surface area (Å²) in [7, 11) is -3.55. The third kappa shape index (κ3) is 4.35. The molecule has 0 aliphatic rings. The Bertz CT molecular complexity index is 655. The Hall–Kier alpha value is -1.77. The Balaban J connectivity index is 1.99. The van der Waals surface area contributed by atoms with Crippen molar-refractivity contribution in [1.82, 2.24) is 19.5 Å². The number of hydrogen-bond acceptors (Lipinski definition) is 5. The molecular weight excluding hydrogens is 292 g/mol. The second kappa shape index (κ2) is 7.30. The van der Waals surface area contributed by atoms with Crippen molar-refractivity contribution in [3.8, 4) is 5.82 Å². The Morgan fingerprint density at radius 1 is 1.38 bits per heavy atom. The van der Waals surface area contributed by atoms with Crippen LogP contribution in [0.4, 0.5) is 0 Å². The minimum absolute atomic E-state index is 0.115. The Morgan fingerprint density at radius 3 is 2.95 bits per heavy atom. The van der Waals surface area contributed by atoms with Crippen LogP contribution in [0.25, 0.3) is 5.82 Å². The highest BCUT2D eigenvalue weighted by Gasteiger charge is 2.16. The van der Waals surface area contributed by atoms with Gasteiger partial charge in [0.05, 0.1) is 12.4 Å². The van der Waals surface area contributed by atoms with Crippen molar-refractivity contribution in [2.45, 2.75) is 18.2 Å². The molecule has 0 aromatic carbocycles. The maximum absolute atomic E-state index is 12.1. The van der Waals surface area contributed by atoms with Gasteiger partial charge in [-0.15, -0.1) is 0 Å². The number of rotatable bonds is 8. The fraction of sp³-hybridized carbons (Fsp3) is 0.385. The Labute approximate surface area is 124 Å². The fourth-order valence-electron chi connectivity index (χ4n) is 1.67. The molecule has 8 heteroatoms. The van der Waals surface area contributed by atoms with Crippen molar-refractivity contribution < 1.29 is 13.2 Å². The van der Waals surface area contributed by atoms with Crippen LogP contribution in [0.15, 0.2) is 41.7 Å². The van der Waals surface area contributed by atoms with Crippen molar-refractivity contribution in [2.75, 3.05) is 19.8 Å². The third-order valence-electron chi connectivity index (χ3n) is 2.71. The van der Waals surface area contributed by atoms with Gasteiger partial charge in [0, 0.05) is 26.0 Å². The molecule has 7 nitrogen and oxygen atoms in total. The topological polar surface area (TPSA) is 86.1 Å². The summed E-state index contributed by atoms with van der Waals surface area (Å²) in [6, 6.07) is 5.34. The van der Waals surface area contributed by atoms with E-state index in [2.05, 4.69) is 14.8 Å². The van der Waals surface area contributed by atoms with Gasteiger partial charge >= 0.3 is 0 Å². The normalized spacial score (nSPS) is 11.7. The molecule has 0 saturated carbocycles. The third-order valence-corrected chi connectivity index (χ3v) is 4.13. The van der Waals surface area contributed by atoms with Crippen LogP contribution >= 0.6 is 0 Å². The second-order valence-corrected chi connectivity index (χ2v) is 6.02. The quantitative estimate of drug-likeness (QED) is 0.734. The standard InChI is InChI=1S/C13H18N4O3S/c1-2-20-9-5-8-16-21(18,19)12-10-15-17(11-12)13-6-3-4-7-14-13/h3-4,6-7,10-11,16H,2,5,8-9H2,1H3. The summed E-state index contributed by atoms with van der Waals surface area (Å²) in [4.78, 5) is 4.22. The van der Waals surface area contributed by atoms with Gasteiger partial charge in [-0.25, -0.2) is 22.8 Å². The molecule has 21 heavy (non-hydrogen) atoms. The molecule has 0 unspecified atom stereocenters. The zero-order valence-corrected chi connectivity index (χ0v) is 12.6. The van der Waals surface area contributed by atoms with Crippen LogP contribution < -0.4 is 4.72 Å². The predicted octanol–water partition coefficient (Wildman–Crippen LogP) is 0.972. The molecule has 0 fully saturated rings. The van der Waals surface area contributed by atoms with E-state index in [4.69, 9.17) is 4.74 Å². The highest BCUT2D eigenvalue weighted by molar-refractivity contribution is 7.89. The number of nitrogens with zero attached hydrogens (tertiary/aromatic N) is 3. The van der Waals surface area contributed by atoms with Crippen molar-refractivity contribution in [1.29, 1.82) is 0 Å². The highest BCUT2D eigenvalue weighted by Crippen LogP contribution is 2.10. The molecular formula is C13H18N4O3S. The van der Waals surface area contributed by atoms with Crippen molar-refractivity contribution >= 4 is 10.0 Å². The average Bonchev–Trinajstić information content (AvgIpc) is 2.99. The van der Waals surface area contributed by atoms with Crippen LogP contribution in [0.3, 0.4) is 0 Å². The van der Waals surface area contributed by atoms with E-state index < -0.39 is 10.0 Å². The van der Waals surface area contributed by atoms with Gasteiger partial charge in [0.15, 0.2) is 5.82 Å². The molecule has 2 rings (SSSR count). The van der Waals surface area contributed by atoms with Gasteiger partial charge in [-0.1, -0.05) is 6.07 Å². The maximum Gasteiger partial charge on any atom is 0.243 e. The van der Waals surface area contributed by atoms with Gasteiger partial charge in [-0.2, -0.15) is 5.10 Å². The fourth-order valence-corrected chi connectivity index (χ4v) is 2.67. The molecule has 2 heterocycles. The van der Waals surface area contributed by atoms with Crippen molar-refractivity contribution in [3.05, 3.63) is 36.8 Å². The van der Waals surface area contributed by atoms with Crippen LogP contribution in [0.5, 0.6) is 0 Å². The predicted molar refractivity (Wildman–Crippen MR) is 77.7 cm³/mol. The van der Waals surface area contributed by atoms with Crippen LogP contribution in [-0.2, 0) is 14.8 Å². The van der Waals surface area contributed by atoms with Crippen LogP contribution in [-0.4, -0.2) is 42.9 Å². The van der Waals surface area contributed by atoms with Crippen LogP contribution in [0, 0.1) is 0 Å². The first-order chi connectivity index (χ1) is 10.1. The number of hydrogen-bond donors (Lipinski definition) is 1. The van der Waals surface area contributed by atoms with E-state index in [1.807, 2.05) is 13.0 Å². The minimum atomic E-state index is -3.55. The largest absolute Gasteiger partial charge is 0.382 e. The lowest BCUT2D eigenvalue weighted by molar-refractivity contribution is 0.146. The highest BCUT2D eigenvalue weighted by atomic mass is 32.2. The van der Waals surface area contributed by atoms with Gasteiger partial charge in [-0.3, -0.25) is 0 Å². The molecule has 114 valence electrons. The van der Waals surface area contributed by atoms with E-state index in [9.17, 15) is 8.42 Å². The summed E-state index contributed by atoms with van der Waals surface area (Å²) in [5, 5.41) is 4.02. The van der Waals surface area contributed by atoms with E-state index >= 15 is 0 Å². The molecule has 0 aliphatic carbocycles. The first-order valence-corrected chi connectivity index (χ1v) is 8.15. The lowest BCUT2D eigenvalue weighted by Crippen LogP contribution is -2.25. The molecule has 0 amide bonds. The van der Waals surface area contributed by atoms with Crippen molar-refractivity contribution in [3.63, 3.8) is 0 Å². The van der Waals surface area contributed by atoms with Gasteiger partial charge < -0.3 is 4.74 Å².